The third-order valence-electron chi connectivity index (χ3n) is 3.25. The Morgan fingerprint density at radius 1 is 1.53 bits per heavy atom. The fraction of sp³-hybridized carbons (Fsp3) is 0.500. The van der Waals surface area contributed by atoms with E-state index in [9.17, 15) is 9.18 Å². The second-order valence-electron chi connectivity index (χ2n) is 4.00. The Morgan fingerprint density at radius 2 is 2.18 bits per heavy atom. The summed E-state index contributed by atoms with van der Waals surface area (Å²) in [7, 11) is 0. The van der Waals surface area contributed by atoms with Crippen molar-refractivity contribution in [1.29, 1.82) is 0 Å². The summed E-state index contributed by atoms with van der Waals surface area (Å²) in [5.41, 5.74) is 5.17. The summed E-state index contributed by atoms with van der Waals surface area (Å²) in [6.07, 6.45) is 3.75. The van der Waals surface area contributed by atoms with Crippen molar-refractivity contribution >= 4 is 11.6 Å². The molecule has 1 aromatic rings. The minimum atomic E-state index is -0.629. The molecule has 0 saturated carbocycles. The van der Waals surface area contributed by atoms with Gasteiger partial charge in [-0.15, -0.1) is 0 Å². The fourth-order valence-corrected chi connectivity index (χ4v) is 1.68. The van der Waals surface area contributed by atoms with E-state index >= 15 is 0 Å². The molecule has 0 aromatic carbocycles. The molecule has 4 nitrogen and oxygen atoms in total. The number of nitrogens with two attached hydrogens (primary N) is 1. The van der Waals surface area contributed by atoms with Crippen molar-refractivity contribution in [3.8, 4) is 0 Å². The summed E-state index contributed by atoms with van der Waals surface area (Å²) < 4.78 is 13.3. The molecule has 94 valence electrons. The second kappa shape index (κ2) is 5.72. The van der Waals surface area contributed by atoms with E-state index in [2.05, 4.69) is 10.3 Å². The van der Waals surface area contributed by atoms with E-state index < -0.39 is 11.2 Å². The molecule has 1 amide bonds. The number of nitrogens with zero attached hydrogens (tertiary/aromatic N) is 1. The lowest BCUT2D eigenvalue weighted by Gasteiger charge is -2.28. The molecule has 0 saturated heterocycles. The number of amides is 1. The Balaban J connectivity index is 2.88. The summed E-state index contributed by atoms with van der Waals surface area (Å²) in [4.78, 5) is 15.7. The molecule has 17 heavy (non-hydrogen) atoms. The molecule has 0 unspecified atom stereocenters. The number of hydrogen-bond acceptors (Lipinski definition) is 3. The maximum Gasteiger partial charge on any atom is 0.231 e. The zero-order chi connectivity index (χ0) is 12.9. The molecule has 0 aliphatic carbocycles. The highest BCUT2D eigenvalue weighted by atomic mass is 19.1. The highest BCUT2D eigenvalue weighted by Crippen LogP contribution is 2.27. The lowest BCUT2D eigenvalue weighted by Crippen LogP contribution is -2.41. The Labute approximate surface area is 100 Å². The second-order valence-corrected chi connectivity index (χ2v) is 4.00. The quantitative estimate of drug-likeness (QED) is 0.825. The van der Waals surface area contributed by atoms with Crippen molar-refractivity contribution in [2.24, 2.45) is 11.1 Å². The van der Waals surface area contributed by atoms with Crippen molar-refractivity contribution in [3.63, 3.8) is 0 Å². The van der Waals surface area contributed by atoms with Crippen LogP contribution in [0.4, 0.5) is 10.1 Å². The van der Waals surface area contributed by atoms with E-state index in [0.29, 0.717) is 12.8 Å². The van der Waals surface area contributed by atoms with E-state index in [0.717, 1.165) is 6.20 Å². The summed E-state index contributed by atoms with van der Waals surface area (Å²) >= 11 is 0. The summed E-state index contributed by atoms with van der Waals surface area (Å²) in [5.74, 6) is -0.783. The normalized spacial score (nSPS) is 11.3. The number of aromatic nitrogens is 1. The zero-order valence-electron chi connectivity index (χ0n) is 10.2. The van der Waals surface area contributed by atoms with Gasteiger partial charge in [0, 0.05) is 12.7 Å². The number of carbonyl (C=O) groups is 1. The van der Waals surface area contributed by atoms with Gasteiger partial charge in [-0.25, -0.2) is 4.39 Å². The van der Waals surface area contributed by atoms with Crippen molar-refractivity contribution in [1.82, 2.24) is 4.98 Å². The van der Waals surface area contributed by atoms with Crippen LogP contribution in [-0.4, -0.2) is 17.4 Å². The molecule has 3 N–H and O–H groups in total. The molecule has 5 heteroatoms. The molecule has 0 bridgehead atoms. The van der Waals surface area contributed by atoms with Crippen LogP contribution >= 0.6 is 0 Å². The summed E-state index contributed by atoms with van der Waals surface area (Å²) in [6, 6.07) is 1.43. The number of hydrogen-bond donors (Lipinski definition) is 2. The highest BCUT2D eigenvalue weighted by Gasteiger charge is 2.33. The first kappa shape index (κ1) is 13.6. The van der Waals surface area contributed by atoms with Crippen molar-refractivity contribution in [2.45, 2.75) is 26.7 Å². The van der Waals surface area contributed by atoms with E-state index in [1.54, 1.807) is 0 Å². The third kappa shape index (κ3) is 2.79. The minimum absolute atomic E-state index is 0.143. The molecule has 0 atom stereocenters. The summed E-state index contributed by atoms with van der Waals surface area (Å²) in [5, 5.41) is 2.57. The number of halogens is 1. The number of nitrogens with one attached hydrogen (secondary N) is 1. The van der Waals surface area contributed by atoms with E-state index in [-0.39, 0.29) is 18.1 Å². The lowest BCUT2D eigenvalue weighted by molar-refractivity contribution is -0.125. The monoisotopic (exact) mass is 239 g/mol. The largest absolute Gasteiger partial charge is 0.329 e. The predicted molar refractivity (Wildman–Crippen MR) is 64.9 cm³/mol. The van der Waals surface area contributed by atoms with Gasteiger partial charge < -0.3 is 11.1 Å². The minimum Gasteiger partial charge on any atom is -0.329 e. The van der Waals surface area contributed by atoms with Crippen LogP contribution in [0, 0.1) is 11.2 Å². The van der Waals surface area contributed by atoms with Gasteiger partial charge in [-0.05, 0) is 18.9 Å². The number of anilines is 1. The third-order valence-corrected chi connectivity index (χ3v) is 3.25. The molecular weight excluding hydrogens is 221 g/mol. The van der Waals surface area contributed by atoms with Gasteiger partial charge in [0.25, 0.3) is 0 Å². The number of carbonyl (C=O) groups excluding carboxylic acids is 1. The van der Waals surface area contributed by atoms with E-state index in [1.165, 1.54) is 12.3 Å². The van der Waals surface area contributed by atoms with Gasteiger partial charge in [-0.2, -0.15) is 0 Å². The molecule has 0 radical (unpaired) electrons. The van der Waals surface area contributed by atoms with Crippen LogP contribution in [0.25, 0.3) is 0 Å². The maximum absolute atomic E-state index is 13.3. The fourth-order valence-electron chi connectivity index (χ4n) is 1.68. The molecule has 0 fully saturated rings. The molecule has 0 spiro atoms. The zero-order valence-corrected chi connectivity index (χ0v) is 10.2. The van der Waals surface area contributed by atoms with E-state index in [1.807, 2.05) is 13.8 Å². The van der Waals surface area contributed by atoms with Crippen molar-refractivity contribution < 1.29 is 9.18 Å². The van der Waals surface area contributed by atoms with Crippen molar-refractivity contribution in [3.05, 3.63) is 24.3 Å². The van der Waals surface area contributed by atoms with Crippen LogP contribution in [0.3, 0.4) is 0 Å². The lowest BCUT2D eigenvalue weighted by atomic mass is 9.81. The van der Waals surface area contributed by atoms with Gasteiger partial charge in [0.2, 0.25) is 5.91 Å². The predicted octanol–water partition coefficient (Wildman–Crippen LogP) is 1.92. The SMILES string of the molecule is CCC(CC)(CN)C(=O)Nc1ccncc1F. The standard InChI is InChI=1S/C12H18FN3O/c1-3-12(4-2,8-14)11(17)16-10-5-6-15-7-9(10)13/h5-7H,3-4,8,14H2,1-2H3,(H,15,16,17). The molecule has 1 aromatic heterocycles. The van der Waals surface area contributed by atoms with Crippen LogP contribution in [0.1, 0.15) is 26.7 Å². The van der Waals surface area contributed by atoms with Gasteiger partial charge in [-0.1, -0.05) is 13.8 Å². The van der Waals surface area contributed by atoms with Crippen LogP contribution < -0.4 is 11.1 Å². The van der Waals surface area contributed by atoms with Gasteiger partial charge >= 0.3 is 0 Å². The van der Waals surface area contributed by atoms with Crippen LogP contribution in [0.2, 0.25) is 0 Å². The molecular formula is C12H18FN3O. The highest BCUT2D eigenvalue weighted by molar-refractivity contribution is 5.95. The van der Waals surface area contributed by atoms with Crippen LogP contribution in [-0.2, 0) is 4.79 Å². The van der Waals surface area contributed by atoms with E-state index in [4.69, 9.17) is 5.73 Å². The Kier molecular flexibility index (Phi) is 4.57. The topological polar surface area (TPSA) is 68.0 Å². The average Bonchev–Trinajstić information content (AvgIpc) is 2.35. The van der Waals surface area contributed by atoms with Gasteiger partial charge in [-0.3, -0.25) is 9.78 Å². The Bertz CT molecular complexity index is 383. The number of rotatable bonds is 5. The molecule has 0 aliphatic heterocycles. The first-order valence-corrected chi connectivity index (χ1v) is 5.70. The van der Waals surface area contributed by atoms with Gasteiger partial charge in [0.05, 0.1) is 17.3 Å². The average molecular weight is 239 g/mol. The van der Waals surface area contributed by atoms with Gasteiger partial charge in [0.1, 0.15) is 0 Å². The van der Waals surface area contributed by atoms with Crippen LogP contribution in [0.15, 0.2) is 18.5 Å². The first-order chi connectivity index (χ1) is 8.09. The Hall–Kier alpha value is -1.49. The number of pyridine rings is 1. The summed E-state index contributed by atoms with van der Waals surface area (Å²) in [6.45, 7) is 4.05. The Morgan fingerprint density at radius 3 is 2.65 bits per heavy atom. The molecule has 1 rings (SSSR count). The first-order valence-electron chi connectivity index (χ1n) is 5.70. The molecule has 1 heterocycles. The maximum atomic E-state index is 13.3. The smallest absolute Gasteiger partial charge is 0.231 e. The van der Waals surface area contributed by atoms with Gasteiger partial charge in [0.15, 0.2) is 5.82 Å². The van der Waals surface area contributed by atoms with Crippen molar-refractivity contribution in [2.75, 3.05) is 11.9 Å². The molecule has 0 aliphatic rings. The van der Waals surface area contributed by atoms with Crippen LogP contribution in [0.5, 0.6) is 0 Å².